The highest BCUT2D eigenvalue weighted by molar-refractivity contribution is 7.89. The molecule has 0 unspecified atom stereocenters. The molecule has 1 aromatic rings. The zero-order chi connectivity index (χ0) is 18.6. The van der Waals surface area contributed by atoms with Gasteiger partial charge in [0.15, 0.2) is 0 Å². The van der Waals surface area contributed by atoms with Crippen molar-refractivity contribution in [2.75, 3.05) is 18.5 Å². The van der Waals surface area contributed by atoms with Crippen molar-refractivity contribution in [3.63, 3.8) is 0 Å². The average Bonchev–Trinajstić information content (AvgIpc) is 2.99. The molecule has 0 amide bonds. The Morgan fingerprint density at radius 3 is 2.48 bits per heavy atom. The lowest BCUT2D eigenvalue weighted by Crippen LogP contribution is -2.31. The van der Waals surface area contributed by atoms with Crippen molar-refractivity contribution in [3.8, 4) is 0 Å². The van der Waals surface area contributed by atoms with Crippen LogP contribution in [-0.2, 0) is 10.0 Å². The summed E-state index contributed by atoms with van der Waals surface area (Å²) in [5.74, 6) is 0. The molecule has 0 atom stereocenters. The van der Waals surface area contributed by atoms with Crippen molar-refractivity contribution in [1.82, 2.24) is 4.31 Å². The summed E-state index contributed by atoms with van der Waals surface area (Å²) in [7, 11) is -3.86. The molecule has 25 heavy (non-hydrogen) atoms. The Morgan fingerprint density at radius 1 is 1.28 bits per heavy atom. The van der Waals surface area contributed by atoms with Gasteiger partial charge in [0.25, 0.3) is 5.69 Å². The number of nitrogens with zero attached hydrogens (tertiary/aromatic N) is 3. The molecule has 136 valence electrons. The van der Waals surface area contributed by atoms with Crippen LogP contribution in [0.15, 0.2) is 39.8 Å². The minimum Gasteiger partial charge on any atom is -0.277 e. The smallest absolute Gasteiger partial charge is 0.270 e. The van der Waals surface area contributed by atoms with Crippen molar-refractivity contribution >= 4 is 27.1 Å². The molecular formula is C16H22N4O4S. The Bertz CT molecular complexity index is 827. The van der Waals surface area contributed by atoms with Gasteiger partial charge in [-0.25, -0.2) is 8.42 Å². The highest BCUT2D eigenvalue weighted by Crippen LogP contribution is 2.29. The maximum absolute atomic E-state index is 12.8. The monoisotopic (exact) mass is 366 g/mol. The minimum absolute atomic E-state index is 0.145. The topological polar surface area (TPSA) is 105 Å². The van der Waals surface area contributed by atoms with E-state index in [2.05, 4.69) is 10.5 Å². The largest absolute Gasteiger partial charge is 0.277 e. The quantitative estimate of drug-likeness (QED) is 0.589. The van der Waals surface area contributed by atoms with Gasteiger partial charge in [-0.3, -0.25) is 15.5 Å². The molecule has 8 nitrogen and oxygen atoms in total. The average molecular weight is 366 g/mol. The van der Waals surface area contributed by atoms with E-state index in [9.17, 15) is 18.5 Å². The summed E-state index contributed by atoms with van der Waals surface area (Å²) in [6, 6.07) is 3.72. The van der Waals surface area contributed by atoms with Crippen molar-refractivity contribution in [2.45, 2.75) is 38.5 Å². The van der Waals surface area contributed by atoms with Gasteiger partial charge in [-0.1, -0.05) is 19.4 Å². The van der Waals surface area contributed by atoms with E-state index in [1.807, 2.05) is 13.0 Å². The highest BCUT2D eigenvalue weighted by Gasteiger charge is 2.27. The second kappa shape index (κ2) is 7.75. The fourth-order valence-corrected chi connectivity index (χ4v) is 4.23. The summed E-state index contributed by atoms with van der Waals surface area (Å²) in [5.41, 5.74) is 4.74. The molecule has 0 fully saturated rings. The van der Waals surface area contributed by atoms with Gasteiger partial charge in [0, 0.05) is 25.2 Å². The summed E-state index contributed by atoms with van der Waals surface area (Å²) < 4.78 is 26.9. The van der Waals surface area contributed by atoms with E-state index in [1.54, 1.807) is 13.8 Å². The first-order valence-electron chi connectivity index (χ1n) is 8.08. The Labute approximate surface area is 147 Å². The molecule has 1 aromatic carbocycles. The molecule has 0 aliphatic heterocycles. The first-order chi connectivity index (χ1) is 11.8. The van der Waals surface area contributed by atoms with Gasteiger partial charge in [0.1, 0.15) is 4.90 Å². The molecular weight excluding hydrogens is 344 g/mol. The van der Waals surface area contributed by atoms with Gasteiger partial charge < -0.3 is 0 Å². The zero-order valence-electron chi connectivity index (χ0n) is 14.5. The van der Waals surface area contributed by atoms with Crippen molar-refractivity contribution < 1.29 is 13.3 Å². The highest BCUT2D eigenvalue weighted by atomic mass is 32.2. The molecule has 0 aromatic heterocycles. The van der Waals surface area contributed by atoms with Crippen LogP contribution < -0.4 is 5.43 Å². The number of hydrogen-bond donors (Lipinski definition) is 1. The Hall–Kier alpha value is -2.26. The van der Waals surface area contributed by atoms with Gasteiger partial charge in [-0.05, 0) is 31.9 Å². The Balaban J connectivity index is 2.47. The number of sulfonamides is 1. The van der Waals surface area contributed by atoms with E-state index < -0.39 is 14.9 Å². The normalized spacial score (nSPS) is 16.3. The number of nitro groups is 1. The molecule has 0 saturated carbocycles. The lowest BCUT2D eigenvalue weighted by Gasteiger charge is -2.20. The van der Waals surface area contributed by atoms with Crippen LogP contribution in [-0.4, -0.2) is 36.4 Å². The van der Waals surface area contributed by atoms with E-state index in [1.165, 1.54) is 22.0 Å². The fraction of sp³-hybridized carbons (Fsp3) is 0.438. The second-order valence-corrected chi connectivity index (χ2v) is 7.64. The maximum Gasteiger partial charge on any atom is 0.270 e. The second-order valence-electron chi connectivity index (χ2n) is 5.73. The molecule has 9 heteroatoms. The van der Waals surface area contributed by atoms with Crippen LogP contribution in [0.2, 0.25) is 0 Å². The van der Waals surface area contributed by atoms with E-state index in [0.29, 0.717) is 0 Å². The van der Waals surface area contributed by atoms with Gasteiger partial charge in [-0.15, -0.1) is 0 Å². The summed E-state index contributed by atoms with van der Waals surface area (Å²) in [5, 5.41) is 15.3. The SMILES string of the molecule is CCN(CC)S(=O)(=O)c1cc([N+](=O)[O-])ccc1NN=C1C=C(C)CC1. The molecule has 0 heterocycles. The number of anilines is 1. The number of non-ortho nitro benzene ring substituents is 1. The molecule has 2 rings (SSSR count). The third-order valence-corrected chi connectivity index (χ3v) is 6.10. The van der Waals surface area contributed by atoms with Crippen LogP contribution in [0.1, 0.15) is 33.6 Å². The van der Waals surface area contributed by atoms with E-state index in [-0.39, 0.29) is 29.4 Å². The fourth-order valence-electron chi connectivity index (χ4n) is 2.61. The summed E-state index contributed by atoms with van der Waals surface area (Å²) in [4.78, 5) is 10.3. The Morgan fingerprint density at radius 2 is 1.96 bits per heavy atom. The van der Waals surface area contributed by atoms with Crippen molar-refractivity contribution in [1.29, 1.82) is 0 Å². The number of hydrazone groups is 1. The molecule has 1 aliphatic rings. The van der Waals surface area contributed by atoms with Gasteiger partial charge >= 0.3 is 0 Å². The summed E-state index contributed by atoms with van der Waals surface area (Å²) >= 11 is 0. The first kappa shape index (κ1) is 19.1. The third-order valence-electron chi connectivity index (χ3n) is 4.01. The first-order valence-corrected chi connectivity index (χ1v) is 9.52. The van der Waals surface area contributed by atoms with Gasteiger partial charge in [0.2, 0.25) is 10.0 Å². The van der Waals surface area contributed by atoms with Crippen LogP contribution in [0.3, 0.4) is 0 Å². The van der Waals surface area contributed by atoms with E-state index in [0.717, 1.165) is 24.6 Å². The molecule has 1 N–H and O–H groups in total. The van der Waals surface area contributed by atoms with Crippen molar-refractivity contribution in [3.05, 3.63) is 40.0 Å². The lowest BCUT2D eigenvalue weighted by atomic mass is 10.3. The number of nitrogens with one attached hydrogen (secondary N) is 1. The van der Waals surface area contributed by atoms with Crippen LogP contribution in [0.4, 0.5) is 11.4 Å². The van der Waals surface area contributed by atoms with Crippen LogP contribution >= 0.6 is 0 Å². The van der Waals surface area contributed by atoms with Crippen molar-refractivity contribution in [2.24, 2.45) is 5.10 Å². The predicted molar refractivity (Wildman–Crippen MR) is 97.3 cm³/mol. The van der Waals surface area contributed by atoms with Gasteiger partial charge in [0.05, 0.1) is 16.3 Å². The minimum atomic E-state index is -3.86. The third kappa shape index (κ3) is 4.23. The standard InChI is InChI=1S/C16H22N4O4S/c1-4-19(5-2)25(23,24)16-11-14(20(21)22)8-9-15(16)18-17-13-7-6-12(3)10-13/h8-11,18H,4-7H2,1-3H3. The summed E-state index contributed by atoms with van der Waals surface area (Å²) in [6.07, 6.45) is 3.65. The molecule has 0 spiro atoms. The van der Waals surface area contributed by atoms with E-state index in [4.69, 9.17) is 0 Å². The molecule has 1 aliphatic carbocycles. The van der Waals surface area contributed by atoms with E-state index >= 15 is 0 Å². The number of hydrogen-bond acceptors (Lipinski definition) is 6. The zero-order valence-corrected chi connectivity index (χ0v) is 15.3. The lowest BCUT2D eigenvalue weighted by molar-refractivity contribution is -0.385. The predicted octanol–water partition coefficient (Wildman–Crippen LogP) is 3.13. The maximum atomic E-state index is 12.8. The number of allylic oxidation sites excluding steroid dienone is 2. The summed E-state index contributed by atoms with van der Waals surface area (Å²) in [6.45, 7) is 6.00. The molecule has 0 radical (unpaired) electrons. The van der Waals surface area contributed by atoms with Crippen LogP contribution in [0.5, 0.6) is 0 Å². The number of nitro benzene ring substituents is 1. The number of benzene rings is 1. The molecule has 0 bridgehead atoms. The molecule has 0 saturated heterocycles. The Kier molecular flexibility index (Phi) is 5.91. The van der Waals surface area contributed by atoms with Crippen LogP contribution in [0, 0.1) is 10.1 Å². The number of rotatable bonds is 7. The van der Waals surface area contributed by atoms with Crippen LogP contribution in [0.25, 0.3) is 0 Å². The van der Waals surface area contributed by atoms with Gasteiger partial charge in [-0.2, -0.15) is 9.41 Å².